The van der Waals surface area contributed by atoms with E-state index in [1.165, 1.54) is 6.07 Å². The number of halogens is 1. The van der Waals surface area contributed by atoms with Crippen LogP contribution >= 0.6 is 11.3 Å². The van der Waals surface area contributed by atoms with Crippen molar-refractivity contribution < 1.29 is 9.18 Å². The van der Waals surface area contributed by atoms with Gasteiger partial charge in [0.2, 0.25) is 0 Å². The van der Waals surface area contributed by atoms with Crippen molar-refractivity contribution in [2.24, 2.45) is 13.0 Å². The molecule has 10 heteroatoms. The molecular weight excluding hydrogens is 465 g/mol. The summed E-state index contributed by atoms with van der Waals surface area (Å²) in [5, 5.41) is 9.22. The third kappa shape index (κ3) is 3.65. The van der Waals surface area contributed by atoms with Crippen LogP contribution in [0.15, 0.2) is 42.0 Å². The van der Waals surface area contributed by atoms with Crippen molar-refractivity contribution in [1.29, 1.82) is 0 Å². The van der Waals surface area contributed by atoms with Crippen molar-refractivity contribution >= 4 is 60.8 Å². The molecule has 178 valence electrons. The van der Waals surface area contributed by atoms with Gasteiger partial charge in [-0.3, -0.25) is 14.5 Å². The number of thiazole rings is 1. The Morgan fingerprint density at radius 2 is 2.06 bits per heavy atom. The molecular formula is C25H24FN7OS. The molecule has 1 fully saturated rings. The molecule has 1 saturated carbocycles. The number of hydrogen-bond donors (Lipinski definition) is 1. The fraction of sp³-hybridized carbons (Fsp3) is 0.280. The molecule has 6 rings (SSSR count). The van der Waals surface area contributed by atoms with Crippen LogP contribution in [0, 0.1) is 11.7 Å². The van der Waals surface area contributed by atoms with Gasteiger partial charge in [-0.05, 0) is 49.9 Å². The number of rotatable bonds is 6. The highest BCUT2D eigenvalue weighted by atomic mass is 32.1. The first-order chi connectivity index (χ1) is 16.9. The van der Waals surface area contributed by atoms with Crippen LogP contribution in [-0.2, 0) is 7.05 Å². The van der Waals surface area contributed by atoms with Crippen molar-refractivity contribution in [2.45, 2.75) is 19.8 Å². The smallest absolute Gasteiger partial charge is 0.275 e. The normalized spacial score (nSPS) is 13.7. The predicted octanol–water partition coefficient (Wildman–Crippen LogP) is 4.75. The second-order valence-electron chi connectivity index (χ2n) is 8.93. The summed E-state index contributed by atoms with van der Waals surface area (Å²) in [5.74, 6) is -0.306. The number of nitrogen functional groups attached to an aromatic ring is 1. The summed E-state index contributed by atoms with van der Waals surface area (Å²) in [7, 11) is 1.79. The number of pyridine rings is 1. The molecule has 0 unspecified atom stereocenters. The minimum absolute atomic E-state index is 0.00420. The van der Waals surface area contributed by atoms with E-state index in [0.29, 0.717) is 35.3 Å². The highest BCUT2D eigenvalue weighted by Crippen LogP contribution is 2.34. The van der Waals surface area contributed by atoms with Gasteiger partial charge in [0, 0.05) is 31.6 Å². The molecule has 3 aromatic heterocycles. The maximum atomic E-state index is 15.4. The van der Waals surface area contributed by atoms with Crippen LogP contribution < -0.4 is 10.7 Å². The van der Waals surface area contributed by atoms with Crippen molar-refractivity contribution in [2.75, 3.05) is 23.8 Å². The van der Waals surface area contributed by atoms with Crippen molar-refractivity contribution in [3.8, 4) is 0 Å². The number of amides is 1. The third-order valence-electron chi connectivity index (χ3n) is 6.59. The number of fused-ring (bicyclic) bond motifs is 4. The number of aromatic nitrogens is 4. The SMILES string of the molecule is CCN(c1ccc2ncsc2c1)N(CC1CC1)C(=O)c1cc2c(cc1F)nc(N)c1cnn(C)c12. The number of carbonyl (C=O) groups excluding carboxylic acids is 1. The van der Waals surface area contributed by atoms with Gasteiger partial charge < -0.3 is 5.73 Å². The second kappa shape index (κ2) is 8.16. The molecule has 1 aliphatic rings. The Bertz CT molecular complexity index is 1610. The van der Waals surface area contributed by atoms with Crippen LogP contribution in [0.25, 0.3) is 32.0 Å². The van der Waals surface area contributed by atoms with E-state index in [1.54, 1.807) is 40.3 Å². The van der Waals surface area contributed by atoms with Crippen LogP contribution in [0.5, 0.6) is 0 Å². The Labute approximate surface area is 204 Å². The van der Waals surface area contributed by atoms with Gasteiger partial charge in [-0.15, -0.1) is 11.3 Å². The summed E-state index contributed by atoms with van der Waals surface area (Å²) < 4.78 is 18.1. The number of anilines is 2. The Hall–Kier alpha value is -3.79. The Morgan fingerprint density at radius 3 is 2.83 bits per heavy atom. The van der Waals surface area contributed by atoms with Gasteiger partial charge in [0.1, 0.15) is 11.6 Å². The maximum absolute atomic E-state index is 15.4. The third-order valence-corrected chi connectivity index (χ3v) is 7.38. The van der Waals surface area contributed by atoms with Crippen molar-refractivity contribution in [3.05, 3.63) is 53.4 Å². The quantitative estimate of drug-likeness (QED) is 0.346. The van der Waals surface area contributed by atoms with Gasteiger partial charge >= 0.3 is 0 Å². The van der Waals surface area contributed by atoms with E-state index < -0.39 is 5.82 Å². The van der Waals surface area contributed by atoms with Crippen LogP contribution in [-0.4, -0.2) is 43.8 Å². The molecule has 2 aromatic carbocycles. The molecule has 0 atom stereocenters. The van der Waals surface area contributed by atoms with Gasteiger partial charge in [-0.25, -0.2) is 19.4 Å². The molecule has 1 aliphatic carbocycles. The van der Waals surface area contributed by atoms with Gasteiger partial charge in [-0.1, -0.05) is 0 Å². The topological polar surface area (TPSA) is 93.2 Å². The van der Waals surface area contributed by atoms with Crippen molar-refractivity contribution in [1.82, 2.24) is 24.8 Å². The first-order valence-corrected chi connectivity index (χ1v) is 12.5. The lowest BCUT2D eigenvalue weighted by Crippen LogP contribution is -2.48. The average molecular weight is 490 g/mol. The maximum Gasteiger partial charge on any atom is 0.275 e. The first kappa shape index (κ1) is 21.7. The molecule has 5 aromatic rings. The van der Waals surface area contributed by atoms with Crippen molar-refractivity contribution in [3.63, 3.8) is 0 Å². The van der Waals surface area contributed by atoms with Crippen LogP contribution in [0.3, 0.4) is 0 Å². The lowest BCUT2D eigenvalue weighted by molar-refractivity contribution is 0.0723. The fourth-order valence-corrected chi connectivity index (χ4v) is 5.33. The number of nitrogens with two attached hydrogens (primary N) is 1. The van der Waals surface area contributed by atoms with E-state index in [0.717, 1.165) is 34.3 Å². The molecule has 3 heterocycles. The highest BCUT2D eigenvalue weighted by molar-refractivity contribution is 7.16. The summed E-state index contributed by atoms with van der Waals surface area (Å²) in [4.78, 5) is 22.7. The van der Waals surface area contributed by atoms with E-state index in [4.69, 9.17) is 5.73 Å². The van der Waals surface area contributed by atoms with Crippen LogP contribution in [0.2, 0.25) is 0 Å². The van der Waals surface area contributed by atoms with E-state index in [1.807, 2.05) is 35.6 Å². The number of aryl methyl sites for hydroxylation is 1. The van der Waals surface area contributed by atoms with E-state index >= 15 is 4.39 Å². The Kier molecular flexibility index (Phi) is 5.06. The molecule has 0 aliphatic heterocycles. The standard InChI is InChI=1S/C25H24FN7OS/c1-3-32(15-6-7-20-22(8-15)35-13-28-20)33(12-14-4-5-14)25(34)16-9-17-21(10-19(16)26)30-24(27)18-11-29-31(2)23(17)18/h6-11,13-14H,3-5,12H2,1-2H3,(H2,27,30). The molecule has 35 heavy (non-hydrogen) atoms. The van der Waals surface area contributed by atoms with Crippen LogP contribution in [0.1, 0.15) is 30.1 Å². The number of carbonyl (C=O) groups is 1. The number of hydrogen-bond acceptors (Lipinski definition) is 7. The monoisotopic (exact) mass is 489 g/mol. The lowest BCUT2D eigenvalue weighted by atomic mass is 10.1. The summed E-state index contributed by atoms with van der Waals surface area (Å²) in [5.41, 5.74) is 10.8. The minimum atomic E-state index is -0.620. The number of hydrazine groups is 1. The van der Waals surface area contributed by atoms with E-state index in [2.05, 4.69) is 15.1 Å². The van der Waals surface area contributed by atoms with Gasteiger partial charge in [0.05, 0.1) is 49.6 Å². The summed E-state index contributed by atoms with van der Waals surface area (Å²) >= 11 is 1.55. The van der Waals surface area contributed by atoms with Gasteiger partial charge in [-0.2, -0.15) is 5.10 Å². The largest absolute Gasteiger partial charge is 0.383 e. The van der Waals surface area contributed by atoms with Gasteiger partial charge in [0.25, 0.3) is 5.91 Å². The summed E-state index contributed by atoms with van der Waals surface area (Å²) in [6.07, 6.45) is 3.76. The zero-order chi connectivity index (χ0) is 24.3. The molecule has 1 amide bonds. The molecule has 2 N–H and O–H groups in total. The summed E-state index contributed by atoms with van der Waals surface area (Å²) in [6.45, 7) is 3.08. The lowest BCUT2D eigenvalue weighted by Gasteiger charge is -2.36. The first-order valence-electron chi connectivity index (χ1n) is 11.6. The molecule has 0 saturated heterocycles. The van der Waals surface area contributed by atoms with E-state index in [-0.39, 0.29) is 17.3 Å². The zero-order valence-electron chi connectivity index (χ0n) is 19.4. The molecule has 0 bridgehead atoms. The highest BCUT2D eigenvalue weighted by Gasteiger charge is 2.32. The second-order valence-corrected chi connectivity index (χ2v) is 9.81. The van der Waals surface area contributed by atoms with E-state index in [9.17, 15) is 4.79 Å². The fourth-order valence-electron chi connectivity index (χ4n) is 4.62. The number of benzene rings is 2. The molecule has 0 radical (unpaired) electrons. The van der Waals surface area contributed by atoms with Crippen LogP contribution in [0.4, 0.5) is 15.9 Å². The summed E-state index contributed by atoms with van der Waals surface area (Å²) in [6, 6.07) is 8.83. The Morgan fingerprint density at radius 1 is 1.23 bits per heavy atom. The number of nitrogens with zero attached hydrogens (tertiary/aromatic N) is 6. The minimum Gasteiger partial charge on any atom is -0.383 e. The average Bonchev–Trinajstić information content (AvgIpc) is 3.39. The molecule has 8 nitrogen and oxygen atoms in total. The predicted molar refractivity (Wildman–Crippen MR) is 137 cm³/mol. The Balaban J connectivity index is 1.47. The van der Waals surface area contributed by atoms with Gasteiger partial charge in [0.15, 0.2) is 0 Å². The zero-order valence-corrected chi connectivity index (χ0v) is 20.2. The molecule has 0 spiro atoms.